The zero-order valence-corrected chi connectivity index (χ0v) is 15.5. The third-order valence-electron chi connectivity index (χ3n) is 4.09. The smallest absolute Gasteiger partial charge is 0.350 e. The van der Waals surface area contributed by atoms with Crippen LogP contribution < -0.4 is 10.0 Å². The number of anilines is 1. The van der Waals surface area contributed by atoms with E-state index >= 15 is 0 Å². The summed E-state index contributed by atoms with van der Waals surface area (Å²) in [7, 11) is -4.14. The lowest BCUT2D eigenvalue weighted by atomic mass is 10.1. The predicted molar refractivity (Wildman–Crippen MR) is 89.8 cm³/mol. The molecule has 2 N–H and O–H groups in total. The molecule has 0 unspecified atom stereocenters. The van der Waals surface area contributed by atoms with Gasteiger partial charge in [-0.3, -0.25) is 0 Å². The first-order valence-electron chi connectivity index (χ1n) is 8.45. The zero-order valence-electron chi connectivity index (χ0n) is 14.7. The molecule has 0 aromatic carbocycles. The van der Waals surface area contributed by atoms with Crippen LogP contribution in [-0.4, -0.2) is 59.8 Å². The molecule has 2 rings (SSSR count). The fourth-order valence-corrected chi connectivity index (χ4v) is 3.91. The number of rotatable bonds is 7. The highest BCUT2D eigenvalue weighted by Crippen LogP contribution is 2.18. The van der Waals surface area contributed by atoms with E-state index in [2.05, 4.69) is 20.5 Å². The molecule has 1 aliphatic rings. The molecule has 1 aliphatic heterocycles. The number of nitrogens with one attached hydrogen (secondary N) is 2. The minimum Gasteiger partial charge on any atom is -0.350 e. The van der Waals surface area contributed by atoms with E-state index in [9.17, 15) is 21.6 Å². The van der Waals surface area contributed by atoms with E-state index in [1.54, 1.807) is 4.72 Å². The average Bonchev–Trinajstić information content (AvgIpc) is 2.60. The number of hydrogen-bond donors (Lipinski definition) is 2. The van der Waals surface area contributed by atoms with Gasteiger partial charge in [-0.25, -0.2) is 4.98 Å². The van der Waals surface area contributed by atoms with Crippen molar-refractivity contribution in [2.24, 2.45) is 0 Å². The molecule has 26 heavy (non-hydrogen) atoms. The molecule has 1 saturated heterocycles. The second kappa shape index (κ2) is 8.44. The molecular formula is C14H23F3N6O2S. The summed E-state index contributed by atoms with van der Waals surface area (Å²) in [5.74, 6) is 0.385. The minimum atomic E-state index is -4.58. The van der Waals surface area contributed by atoms with Crippen LogP contribution in [0.1, 0.15) is 38.1 Å². The molecule has 0 bridgehead atoms. The highest BCUT2D eigenvalue weighted by Gasteiger charge is 2.33. The van der Waals surface area contributed by atoms with Gasteiger partial charge in [0.1, 0.15) is 6.54 Å². The van der Waals surface area contributed by atoms with Gasteiger partial charge in [0.25, 0.3) is 10.2 Å². The summed E-state index contributed by atoms with van der Waals surface area (Å²) in [6.07, 6.45) is -2.24. The summed E-state index contributed by atoms with van der Waals surface area (Å²) in [6, 6.07) is -0.0666. The maximum atomic E-state index is 12.2. The monoisotopic (exact) mass is 396 g/mol. The van der Waals surface area contributed by atoms with E-state index in [-0.39, 0.29) is 19.1 Å². The molecule has 148 valence electrons. The van der Waals surface area contributed by atoms with E-state index in [0.717, 1.165) is 28.5 Å². The van der Waals surface area contributed by atoms with Gasteiger partial charge in [-0.15, -0.1) is 5.10 Å². The van der Waals surface area contributed by atoms with Crippen LogP contribution in [0.5, 0.6) is 0 Å². The molecule has 0 aliphatic carbocycles. The van der Waals surface area contributed by atoms with Crippen molar-refractivity contribution in [1.82, 2.24) is 24.2 Å². The Hall–Kier alpha value is -1.53. The van der Waals surface area contributed by atoms with Crippen molar-refractivity contribution in [3.05, 3.63) is 11.4 Å². The number of aromatic nitrogens is 3. The highest BCUT2D eigenvalue weighted by atomic mass is 32.2. The van der Waals surface area contributed by atoms with E-state index in [1.165, 1.54) is 0 Å². The molecule has 8 nitrogen and oxygen atoms in total. The first-order valence-corrected chi connectivity index (χ1v) is 9.89. The van der Waals surface area contributed by atoms with Crippen molar-refractivity contribution < 1.29 is 21.6 Å². The van der Waals surface area contributed by atoms with Crippen LogP contribution in [-0.2, 0) is 23.1 Å². The van der Waals surface area contributed by atoms with Gasteiger partial charge in [0.2, 0.25) is 5.95 Å². The highest BCUT2D eigenvalue weighted by molar-refractivity contribution is 7.87. The van der Waals surface area contributed by atoms with Gasteiger partial charge in [0.05, 0.1) is 11.4 Å². The Labute approximate surface area is 150 Å². The van der Waals surface area contributed by atoms with Crippen LogP contribution in [0, 0.1) is 0 Å². The molecule has 1 aromatic heterocycles. The minimum absolute atomic E-state index is 0.0666. The Balaban J connectivity index is 1.90. The van der Waals surface area contributed by atoms with Gasteiger partial charge in [0.15, 0.2) is 0 Å². The van der Waals surface area contributed by atoms with Crippen LogP contribution in [0.3, 0.4) is 0 Å². The predicted octanol–water partition coefficient (Wildman–Crippen LogP) is 1.27. The molecular weight excluding hydrogens is 373 g/mol. The van der Waals surface area contributed by atoms with Gasteiger partial charge < -0.3 is 5.32 Å². The molecule has 0 amide bonds. The molecule has 1 aromatic rings. The summed E-state index contributed by atoms with van der Waals surface area (Å²) < 4.78 is 63.0. The molecule has 0 atom stereocenters. The molecule has 0 spiro atoms. The summed E-state index contributed by atoms with van der Waals surface area (Å²) in [5.41, 5.74) is 1.70. The van der Waals surface area contributed by atoms with Crippen molar-refractivity contribution in [3.8, 4) is 0 Å². The second-order valence-corrected chi connectivity index (χ2v) is 7.75. The largest absolute Gasteiger partial charge is 0.402 e. The maximum Gasteiger partial charge on any atom is 0.402 e. The van der Waals surface area contributed by atoms with Gasteiger partial charge in [-0.2, -0.15) is 35.7 Å². The van der Waals surface area contributed by atoms with Crippen LogP contribution in [0.2, 0.25) is 0 Å². The third-order valence-corrected chi connectivity index (χ3v) is 5.65. The van der Waals surface area contributed by atoms with Crippen LogP contribution in [0.15, 0.2) is 0 Å². The normalized spacial score (nSPS) is 17.4. The SMILES string of the molecule is CCc1nnc(NC2CCN(S(=O)(=O)NCC(F)(F)F)CC2)nc1CC. The zero-order chi connectivity index (χ0) is 19.4. The van der Waals surface area contributed by atoms with Crippen molar-refractivity contribution in [2.45, 2.75) is 51.7 Å². The second-order valence-electron chi connectivity index (χ2n) is 5.99. The molecule has 0 radical (unpaired) electrons. The van der Waals surface area contributed by atoms with Crippen LogP contribution in [0.4, 0.5) is 19.1 Å². The van der Waals surface area contributed by atoms with Crippen molar-refractivity contribution >= 4 is 16.2 Å². The number of nitrogens with zero attached hydrogens (tertiary/aromatic N) is 4. The lowest BCUT2D eigenvalue weighted by molar-refractivity contribution is -0.121. The van der Waals surface area contributed by atoms with Crippen molar-refractivity contribution in [3.63, 3.8) is 0 Å². The Kier molecular flexibility index (Phi) is 6.74. The Morgan fingerprint density at radius 1 is 1.12 bits per heavy atom. The van der Waals surface area contributed by atoms with Crippen molar-refractivity contribution in [2.75, 3.05) is 25.0 Å². The van der Waals surface area contributed by atoms with Gasteiger partial charge in [-0.05, 0) is 25.7 Å². The van der Waals surface area contributed by atoms with Gasteiger partial charge in [-0.1, -0.05) is 13.8 Å². The number of halogens is 3. The summed E-state index contributed by atoms with van der Waals surface area (Å²) in [4.78, 5) is 4.43. The molecule has 1 fully saturated rings. The van der Waals surface area contributed by atoms with Crippen LogP contribution >= 0.6 is 0 Å². The number of alkyl halides is 3. The van der Waals surface area contributed by atoms with E-state index in [4.69, 9.17) is 0 Å². The van der Waals surface area contributed by atoms with Crippen LogP contribution in [0.25, 0.3) is 0 Å². The first-order chi connectivity index (χ1) is 12.1. The molecule has 12 heteroatoms. The van der Waals surface area contributed by atoms with E-state index < -0.39 is 22.9 Å². The number of piperidine rings is 1. The van der Waals surface area contributed by atoms with E-state index in [1.807, 2.05) is 13.8 Å². The Bertz CT molecular complexity index is 705. The average molecular weight is 396 g/mol. The summed E-state index contributed by atoms with van der Waals surface area (Å²) in [5, 5.41) is 11.3. The quantitative estimate of drug-likeness (QED) is 0.720. The fourth-order valence-electron chi connectivity index (χ4n) is 2.69. The lowest BCUT2D eigenvalue weighted by Gasteiger charge is -2.31. The summed E-state index contributed by atoms with van der Waals surface area (Å²) in [6.45, 7) is 2.61. The van der Waals surface area contributed by atoms with E-state index in [0.29, 0.717) is 18.8 Å². The standard InChI is InChI=1S/C14H23F3N6O2S/c1-3-11-12(4-2)21-22-13(20-11)19-10-5-7-23(8-6-10)26(24,25)18-9-14(15,16)17/h10,18H,3-9H2,1-2H3,(H,19,20,22). The third kappa shape index (κ3) is 5.74. The number of aryl methyl sites for hydroxylation is 2. The first kappa shape index (κ1) is 20.8. The summed E-state index contributed by atoms with van der Waals surface area (Å²) >= 11 is 0. The van der Waals surface area contributed by atoms with Gasteiger partial charge in [0, 0.05) is 19.1 Å². The van der Waals surface area contributed by atoms with Crippen molar-refractivity contribution in [1.29, 1.82) is 0 Å². The topological polar surface area (TPSA) is 100 Å². The fraction of sp³-hybridized carbons (Fsp3) is 0.786. The Morgan fingerprint density at radius 2 is 1.73 bits per heavy atom. The van der Waals surface area contributed by atoms with Gasteiger partial charge >= 0.3 is 6.18 Å². The number of hydrogen-bond acceptors (Lipinski definition) is 6. The Morgan fingerprint density at radius 3 is 2.27 bits per heavy atom. The lowest BCUT2D eigenvalue weighted by Crippen LogP contribution is -2.49. The molecule has 2 heterocycles. The molecule has 0 saturated carbocycles. The maximum absolute atomic E-state index is 12.2.